The Hall–Kier alpha value is -2.86. The van der Waals surface area contributed by atoms with Crippen molar-refractivity contribution in [3.05, 3.63) is 64.7 Å². The summed E-state index contributed by atoms with van der Waals surface area (Å²) in [4.78, 5) is 23.2. The van der Waals surface area contributed by atoms with Crippen LogP contribution in [0, 0.1) is 6.92 Å². The standard InChI is InChI=1S/C20H21ClN2O4/c1-13-12-16(21)8-10-18(13)27-14(2)20(26)23-22-17(9-11-19(24)25)15-6-4-3-5-7-15/h3-8,10,12,14H,9,11H2,1-2H3,(H,23,26)(H,24,25)/b22-17-/t14-/m0/s1. The Balaban J connectivity index is 2.06. The van der Waals surface area contributed by atoms with Crippen LogP contribution in [-0.4, -0.2) is 28.8 Å². The third-order valence-electron chi connectivity index (χ3n) is 3.79. The molecule has 2 aromatic rings. The fraction of sp³-hybridized carbons (Fsp3) is 0.250. The molecule has 0 unspecified atom stereocenters. The van der Waals surface area contributed by atoms with Crippen molar-refractivity contribution in [2.24, 2.45) is 5.10 Å². The summed E-state index contributed by atoms with van der Waals surface area (Å²) in [5.41, 5.74) is 4.52. The number of benzene rings is 2. The quantitative estimate of drug-likeness (QED) is 0.531. The molecule has 0 bridgehead atoms. The molecule has 2 aromatic carbocycles. The highest BCUT2D eigenvalue weighted by Gasteiger charge is 2.16. The van der Waals surface area contributed by atoms with Crippen molar-refractivity contribution >= 4 is 29.2 Å². The van der Waals surface area contributed by atoms with Crippen molar-refractivity contribution in [1.29, 1.82) is 0 Å². The first-order valence-corrected chi connectivity index (χ1v) is 8.81. The van der Waals surface area contributed by atoms with E-state index < -0.39 is 18.0 Å². The predicted octanol–water partition coefficient (Wildman–Crippen LogP) is 3.80. The smallest absolute Gasteiger partial charge is 0.303 e. The van der Waals surface area contributed by atoms with Gasteiger partial charge in [0.1, 0.15) is 5.75 Å². The van der Waals surface area contributed by atoms with E-state index in [9.17, 15) is 9.59 Å². The van der Waals surface area contributed by atoms with E-state index in [0.717, 1.165) is 11.1 Å². The number of carbonyl (C=O) groups excluding carboxylic acids is 1. The van der Waals surface area contributed by atoms with E-state index >= 15 is 0 Å². The molecule has 6 nitrogen and oxygen atoms in total. The number of carboxylic acid groups (broad SMARTS) is 1. The number of aryl methyl sites for hydroxylation is 1. The Morgan fingerprint density at radius 2 is 1.89 bits per heavy atom. The number of nitrogens with one attached hydrogen (secondary N) is 1. The van der Waals surface area contributed by atoms with Gasteiger partial charge < -0.3 is 9.84 Å². The number of rotatable bonds is 8. The Labute approximate surface area is 162 Å². The van der Waals surface area contributed by atoms with Crippen LogP contribution in [0.5, 0.6) is 5.75 Å². The van der Waals surface area contributed by atoms with Crippen molar-refractivity contribution in [3.63, 3.8) is 0 Å². The minimum Gasteiger partial charge on any atom is -0.481 e. The molecule has 0 aliphatic rings. The first-order valence-electron chi connectivity index (χ1n) is 8.43. The van der Waals surface area contributed by atoms with Crippen LogP contribution < -0.4 is 10.2 Å². The summed E-state index contributed by atoms with van der Waals surface area (Å²) in [6.45, 7) is 3.45. The zero-order valence-corrected chi connectivity index (χ0v) is 15.9. The summed E-state index contributed by atoms with van der Waals surface area (Å²) in [5, 5.41) is 13.6. The normalized spacial score (nSPS) is 12.3. The lowest BCUT2D eigenvalue weighted by Crippen LogP contribution is -2.34. The predicted molar refractivity (Wildman–Crippen MR) is 104 cm³/mol. The monoisotopic (exact) mass is 388 g/mol. The molecule has 0 fully saturated rings. The maximum absolute atomic E-state index is 12.3. The first kappa shape index (κ1) is 20.5. The molecule has 1 amide bonds. The molecule has 1 atom stereocenters. The fourth-order valence-corrected chi connectivity index (χ4v) is 2.55. The number of hydrogen-bond donors (Lipinski definition) is 2. The highest BCUT2D eigenvalue weighted by molar-refractivity contribution is 6.30. The number of carbonyl (C=O) groups is 2. The van der Waals surface area contributed by atoms with Crippen LogP contribution in [0.1, 0.15) is 30.9 Å². The molecule has 0 heterocycles. The average molecular weight is 389 g/mol. The van der Waals surface area contributed by atoms with Crippen molar-refractivity contribution < 1.29 is 19.4 Å². The van der Waals surface area contributed by atoms with E-state index in [1.54, 1.807) is 25.1 Å². The van der Waals surface area contributed by atoms with Gasteiger partial charge in [-0.25, -0.2) is 5.43 Å². The summed E-state index contributed by atoms with van der Waals surface area (Å²) in [5.74, 6) is -0.812. The highest BCUT2D eigenvalue weighted by atomic mass is 35.5. The molecule has 2 rings (SSSR count). The lowest BCUT2D eigenvalue weighted by molar-refractivity contribution is -0.136. The Morgan fingerprint density at radius 3 is 2.52 bits per heavy atom. The second-order valence-electron chi connectivity index (χ2n) is 5.96. The second-order valence-corrected chi connectivity index (χ2v) is 6.40. The molecule has 142 valence electrons. The molecule has 0 saturated carbocycles. The molecule has 27 heavy (non-hydrogen) atoms. The van der Waals surface area contributed by atoms with Crippen LogP contribution >= 0.6 is 11.6 Å². The van der Waals surface area contributed by atoms with Crippen molar-refractivity contribution in [3.8, 4) is 5.75 Å². The van der Waals surface area contributed by atoms with Gasteiger partial charge in [-0.1, -0.05) is 41.9 Å². The van der Waals surface area contributed by atoms with E-state index in [4.69, 9.17) is 21.4 Å². The van der Waals surface area contributed by atoms with Crippen LogP contribution in [0.3, 0.4) is 0 Å². The molecule has 0 radical (unpaired) electrons. The molecule has 2 N–H and O–H groups in total. The van der Waals surface area contributed by atoms with Gasteiger partial charge in [0.2, 0.25) is 0 Å². The lowest BCUT2D eigenvalue weighted by Gasteiger charge is -2.15. The van der Waals surface area contributed by atoms with E-state index in [0.29, 0.717) is 16.5 Å². The highest BCUT2D eigenvalue weighted by Crippen LogP contribution is 2.22. The largest absolute Gasteiger partial charge is 0.481 e. The van der Waals surface area contributed by atoms with E-state index in [-0.39, 0.29) is 12.8 Å². The van der Waals surface area contributed by atoms with E-state index in [1.807, 2.05) is 37.3 Å². The summed E-state index contributed by atoms with van der Waals surface area (Å²) in [6, 6.07) is 14.2. The molecule has 0 saturated heterocycles. The maximum Gasteiger partial charge on any atom is 0.303 e. The van der Waals surface area contributed by atoms with Crippen LogP contribution in [0.4, 0.5) is 0 Å². The second kappa shape index (κ2) is 9.73. The Bertz CT molecular complexity index is 837. The average Bonchev–Trinajstić information content (AvgIpc) is 2.64. The Morgan fingerprint density at radius 1 is 1.19 bits per heavy atom. The van der Waals surface area contributed by atoms with Gasteiger partial charge in [-0.15, -0.1) is 0 Å². The topological polar surface area (TPSA) is 88.0 Å². The zero-order chi connectivity index (χ0) is 19.8. The van der Waals surface area contributed by atoms with Gasteiger partial charge >= 0.3 is 5.97 Å². The zero-order valence-electron chi connectivity index (χ0n) is 15.1. The van der Waals surface area contributed by atoms with E-state index in [1.165, 1.54) is 0 Å². The minimum atomic E-state index is -0.931. The molecule has 7 heteroatoms. The number of hydrogen-bond acceptors (Lipinski definition) is 4. The third kappa shape index (κ3) is 6.42. The number of hydrazone groups is 1. The van der Waals surface area contributed by atoms with Crippen molar-refractivity contribution in [1.82, 2.24) is 5.43 Å². The maximum atomic E-state index is 12.3. The summed E-state index contributed by atoms with van der Waals surface area (Å²) >= 11 is 5.92. The first-order chi connectivity index (χ1) is 12.9. The van der Waals surface area contributed by atoms with Gasteiger partial charge in [0.05, 0.1) is 12.1 Å². The Kier molecular flexibility index (Phi) is 7.37. The number of carboxylic acids is 1. The van der Waals surface area contributed by atoms with Crippen LogP contribution in [-0.2, 0) is 9.59 Å². The minimum absolute atomic E-state index is 0.0837. The molecular formula is C20H21ClN2O4. The number of amides is 1. The summed E-state index contributed by atoms with van der Waals surface area (Å²) in [6.07, 6.45) is -0.671. The van der Waals surface area contributed by atoms with Gasteiger partial charge in [0, 0.05) is 11.4 Å². The van der Waals surface area contributed by atoms with Crippen molar-refractivity contribution in [2.75, 3.05) is 0 Å². The van der Waals surface area contributed by atoms with E-state index in [2.05, 4.69) is 10.5 Å². The summed E-state index contributed by atoms with van der Waals surface area (Å²) in [7, 11) is 0. The van der Waals surface area contributed by atoms with Gasteiger partial charge in [-0.2, -0.15) is 5.10 Å². The third-order valence-corrected chi connectivity index (χ3v) is 4.03. The van der Waals surface area contributed by atoms with Gasteiger partial charge in [0.25, 0.3) is 5.91 Å². The van der Waals surface area contributed by atoms with Crippen LogP contribution in [0.25, 0.3) is 0 Å². The number of ether oxygens (including phenoxy) is 1. The van der Waals surface area contributed by atoms with Gasteiger partial charge in [0.15, 0.2) is 6.10 Å². The fourth-order valence-electron chi connectivity index (χ4n) is 2.32. The molecule has 0 spiro atoms. The van der Waals surface area contributed by atoms with Crippen LogP contribution in [0.2, 0.25) is 5.02 Å². The molecule has 0 aromatic heterocycles. The van der Waals surface area contributed by atoms with Gasteiger partial charge in [-0.3, -0.25) is 9.59 Å². The van der Waals surface area contributed by atoms with Crippen LogP contribution in [0.15, 0.2) is 53.6 Å². The number of halogens is 1. The SMILES string of the molecule is Cc1cc(Cl)ccc1O[C@@H](C)C(=O)N/N=C(/CCC(=O)O)c1ccccc1. The summed E-state index contributed by atoms with van der Waals surface area (Å²) < 4.78 is 5.66. The number of nitrogens with zero attached hydrogens (tertiary/aromatic N) is 1. The molecule has 0 aliphatic carbocycles. The molecular weight excluding hydrogens is 368 g/mol. The van der Waals surface area contributed by atoms with Crippen molar-refractivity contribution in [2.45, 2.75) is 32.8 Å². The molecule has 0 aliphatic heterocycles. The lowest BCUT2D eigenvalue weighted by atomic mass is 10.1. The number of aliphatic carboxylic acids is 1. The van der Waals surface area contributed by atoms with Gasteiger partial charge in [-0.05, 0) is 43.2 Å².